The van der Waals surface area contributed by atoms with E-state index < -0.39 is 5.97 Å². The Morgan fingerprint density at radius 1 is 1.30 bits per heavy atom. The number of aromatic amines is 1. The molecule has 0 unspecified atom stereocenters. The molecule has 1 amide bonds. The summed E-state index contributed by atoms with van der Waals surface area (Å²) >= 11 is 2.11. The molecule has 0 fully saturated rings. The van der Waals surface area contributed by atoms with Crippen LogP contribution in [0.2, 0.25) is 0 Å². The molecule has 1 aromatic carbocycles. The van der Waals surface area contributed by atoms with Gasteiger partial charge in [-0.2, -0.15) is 0 Å². The van der Waals surface area contributed by atoms with Gasteiger partial charge in [-0.25, -0.2) is 4.79 Å². The van der Waals surface area contributed by atoms with Crippen molar-refractivity contribution in [3.8, 4) is 0 Å². The van der Waals surface area contributed by atoms with Crippen LogP contribution in [0.4, 0.5) is 5.69 Å². The van der Waals surface area contributed by atoms with Crippen molar-refractivity contribution in [3.63, 3.8) is 0 Å². The first kappa shape index (κ1) is 14.6. The van der Waals surface area contributed by atoms with Gasteiger partial charge in [-0.1, -0.05) is 12.1 Å². The number of benzene rings is 1. The number of halogens is 1. The molecule has 0 spiro atoms. The van der Waals surface area contributed by atoms with Gasteiger partial charge in [-0.3, -0.25) is 4.79 Å². The number of nitrogens with one attached hydrogen (secondary N) is 2. The SMILES string of the molecule is Cc1cccc(C(=O)Nc2c[nH]c(C)c2C(=O)O)c1I. The molecule has 104 valence electrons. The lowest BCUT2D eigenvalue weighted by atomic mass is 10.1. The van der Waals surface area contributed by atoms with E-state index in [0.29, 0.717) is 11.3 Å². The van der Waals surface area contributed by atoms with Gasteiger partial charge in [0, 0.05) is 15.5 Å². The predicted octanol–water partition coefficient (Wildman–Crippen LogP) is 3.19. The topological polar surface area (TPSA) is 82.2 Å². The first-order valence-electron chi connectivity index (χ1n) is 5.89. The minimum absolute atomic E-state index is 0.0843. The molecule has 0 aliphatic carbocycles. The lowest BCUT2D eigenvalue weighted by Crippen LogP contribution is -2.15. The van der Waals surface area contributed by atoms with Gasteiger partial charge >= 0.3 is 5.97 Å². The minimum atomic E-state index is -1.07. The van der Waals surface area contributed by atoms with Gasteiger partial charge in [-0.15, -0.1) is 0 Å². The van der Waals surface area contributed by atoms with E-state index in [9.17, 15) is 9.59 Å². The van der Waals surface area contributed by atoms with E-state index in [-0.39, 0.29) is 17.2 Å². The normalized spacial score (nSPS) is 10.3. The molecule has 6 heteroatoms. The van der Waals surface area contributed by atoms with Crippen molar-refractivity contribution >= 4 is 40.2 Å². The average molecular weight is 384 g/mol. The Hall–Kier alpha value is -1.83. The molecule has 2 aromatic rings. The van der Waals surface area contributed by atoms with Crippen LogP contribution < -0.4 is 5.32 Å². The summed E-state index contributed by atoms with van der Waals surface area (Å²) in [4.78, 5) is 26.2. The number of aromatic nitrogens is 1. The molecule has 0 aliphatic heterocycles. The Bertz CT molecular complexity index is 692. The number of anilines is 1. The van der Waals surface area contributed by atoms with Crippen molar-refractivity contribution in [3.05, 3.63) is 50.4 Å². The predicted molar refractivity (Wildman–Crippen MR) is 84.3 cm³/mol. The maximum absolute atomic E-state index is 12.2. The Kier molecular flexibility index (Phi) is 4.12. The van der Waals surface area contributed by atoms with Crippen LogP contribution in [-0.2, 0) is 0 Å². The molecule has 3 N–H and O–H groups in total. The maximum Gasteiger partial charge on any atom is 0.339 e. The number of carbonyl (C=O) groups is 2. The fourth-order valence-corrected chi connectivity index (χ4v) is 2.52. The molecule has 0 atom stereocenters. The molecule has 1 heterocycles. The second-order valence-electron chi connectivity index (χ2n) is 4.40. The number of carbonyl (C=O) groups excluding carboxylic acids is 1. The highest BCUT2D eigenvalue weighted by molar-refractivity contribution is 14.1. The summed E-state index contributed by atoms with van der Waals surface area (Å²) in [6.07, 6.45) is 1.49. The van der Waals surface area contributed by atoms with Crippen LogP contribution in [0.5, 0.6) is 0 Å². The number of amides is 1. The summed E-state index contributed by atoms with van der Waals surface area (Å²) in [5.74, 6) is -1.39. The van der Waals surface area contributed by atoms with Crippen molar-refractivity contribution in [2.24, 2.45) is 0 Å². The third kappa shape index (κ3) is 2.69. The molecule has 0 saturated heterocycles. The largest absolute Gasteiger partial charge is 0.478 e. The van der Waals surface area contributed by atoms with Gasteiger partial charge in [0.05, 0.1) is 11.3 Å². The lowest BCUT2D eigenvalue weighted by molar-refractivity contribution is 0.0697. The Balaban J connectivity index is 2.33. The van der Waals surface area contributed by atoms with Crippen molar-refractivity contribution in [1.29, 1.82) is 0 Å². The maximum atomic E-state index is 12.2. The van der Waals surface area contributed by atoms with Crippen LogP contribution in [0, 0.1) is 17.4 Å². The highest BCUT2D eigenvalue weighted by Crippen LogP contribution is 2.22. The molecule has 5 nitrogen and oxygen atoms in total. The van der Waals surface area contributed by atoms with Crippen LogP contribution in [0.25, 0.3) is 0 Å². The molecule has 0 radical (unpaired) electrons. The summed E-state index contributed by atoms with van der Waals surface area (Å²) in [5, 5.41) is 11.8. The lowest BCUT2D eigenvalue weighted by Gasteiger charge is -2.08. The molecule has 1 aromatic heterocycles. The molecular formula is C14H13IN2O3. The highest BCUT2D eigenvalue weighted by Gasteiger charge is 2.19. The summed E-state index contributed by atoms with van der Waals surface area (Å²) < 4.78 is 0.853. The van der Waals surface area contributed by atoms with Gasteiger partial charge in [-0.05, 0) is 48.1 Å². The first-order chi connectivity index (χ1) is 9.41. The average Bonchev–Trinajstić information content (AvgIpc) is 2.73. The minimum Gasteiger partial charge on any atom is -0.478 e. The Labute approximate surface area is 129 Å². The van der Waals surface area contributed by atoms with E-state index in [4.69, 9.17) is 5.11 Å². The second-order valence-corrected chi connectivity index (χ2v) is 5.48. The standard InChI is InChI=1S/C14H13IN2O3/c1-7-4-3-5-9(12(7)15)13(18)17-10-6-16-8(2)11(10)14(19)20/h3-6,16H,1-2H3,(H,17,18)(H,19,20). The van der Waals surface area contributed by atoms with E-state index in [2.05, 4.69) is 32.9 Å². The fraction of sp³-hybridized carbons (Fsp3) is 0.143. The zero-order valence-corrected chi connectivity index (χ0v) is 13.1. The van der Waals surface area contributed by atoms with Crippen LogP contribution in [0.1, 0.15) is 32.0 Å². The molecule has 20 heavy (non-hydrogen) atoms. The zero-order chi connectivity index (χ0) is 14.9. The van der Waals surface area contributed by atoms with Crippen molar-refractivity contribution in [1.82, 2.24) is 4.98 Å². The van der Waals surface area contributed by atoms with Gasteiger partial charge in [0.2, 0.25) is 0 Å². The first-order valence-corrected chi connectivity index (χ1v) is 6.97. The van der Waals surface area contributed by atoms with Gasteiger partial charge in [0.1, 0.15) is 5.56 Å². The Morgan fingerprint density at radius 2 is 2.00 bits per heavy atom. The zero-order valence-electron chi connectivity index (χ0n) is 11.0. The number of aryl methyl sites for hydroxylation is 2. The van der Waals surface area contributed by atoms with Crippen molar-refractivity contribution in [2.75, 3.05) is 5.32 Å². The second kappa shape index (κ2) is 5.66. The van der Waals surface area contributed by atoms with Crippen LogP contribution in [-0.4, -0.2) is 22.0 Å². The van der Waals surface area contributed by atoms with E-state index in [0.717, 1.165) is 9.13 Å². The van der Waals surface area contributed by atoms with Gasteiger partial charge < -0.3 is 15.4 Å². The number of carboxylic acid groups (broad SMARTS) is 1. The smallest absolute Gasteiger partial charge is 0.339 e. The number of aromatic carboxylic acids is 1. The Morgan fingerprint density at radius 3 is 2.65 bits per heavy atom. The molecule has 0 aliphatic rings. The van der Waals surface area contributed by atoms with Crippen LogP contribution >= 0.6 is 22.6 Å². The molecule has 2 rings (SSSR count). The van der Waals surface area contributed by atoms with Gasteiger partial charge in [0.15, 0.2) is 0 Å². The number of H-pyrrole nitrogens is 1. The molecule has 0 saturated carbocycles. The van der Waals surface area contributed by atoms with Gasteiger partial charge in [0.25, 0.3) is 5.91 Å². The van der Waals surface area contributed by atoms with Crippen LogP contribution in [0.15, 0.2) is 24.4 Å². The summed E-state index contributed by atoms with van der Waals surface area (Å²) in [6.45, 7) is 3.57. The number of rotatable bonds is 3. The van der Waals surface area contributed by atoms with E-state index in [1.807, 2.05) is 13.0 Å². The molecule has 0 bridgehead atoms. The number of hydrogen-bond acceptors (Lipinski definition) is 2. The number of hydrogen-bond donors (Lipinski definition) is 3. The fourth-order valence-electron chi connectivity index (χ4n) is 1.91. The summed E-state index contributed by atoms with van der Waals surface area (Å²) in [5.41, 5.74) is 2.40. The third-order valence-electron chi connectivity index (χ3n) is 2.98. The monoisotopic (exact) mass is 384 g/mol. The molecular weight excluding hydrogens is 371 g/mol. The highest BCUT2D eigenvalue weighted by atomic mass is 127. The quantitative estimate of drug-likeness (QED) is 0.711. The van der Waals surface area contributed by atoms with Crippen LogP contribution in [0.3, 0.4) is 0 Å². The van der Waals surface area contributed by atoms with E-state index >= 15 is 0 Å². The van der Waals surface area contributed by atoms with Crippen molar-refractivity contribution in [2.45, 2.75) is 13.8 Å². The third-order valence-corrected chi connectivity index (χ3v) is 4.41. The summed E-state index contributed by atoms with van der Waals surface area (Å²) in [7, 11) is 0. The summed E-state index contributed by atoms with van der Waals surface area (Å²) in [6, 6.07) is 5.43. The van der Waals surface area contributed by atoms with E-state index in [1.54, 1.807) is 19.1 Å². The van der Waals surface area contributed by atoms with Crippen molar-refractivity contribution < 1.29 is 14.7 Å². The number of carboxylic acids is 1. The van der Waals surface area contributed by atoms with E-state index in [1.165, 1.54) is 6.20 Å².